The summed E-state index contributed by atoms with van der Waals surface area (Å²) < 4.78 is 6.76. The Morgan fingerprint density at radius 2 is 1.87 bits per heavy atom. The minimum Gasteiger partial charge on any atom is -0.480 e. The molecule has 5 heteroatoms. The van der Waals surface area contributed by atoms with Gasteiger partial charge in [0.15, 0.2) is 0 Å². The van der Waals surface area contributed by atoms with Crippen molar-refractivity contribution in [3.63, 3.8) is 0 Å². The number of hydrogen-bond donors (Lipinski definition) is 1. The van der Waals surface area contributed by atoms with E-state index in [2.05, 4.69) is 15.9 Å². The van der Waals surface area contributed by atoms with Gasteiger partial charge in [0.1, 0.15) is 11.5 Å². The van der Waals surface area contributed by atoms with E-state index in [1.807, 2.05) is 67.3 Å². The van der Waals surface area contributed by atoms with Gasteiger partial charge in [-0.1, -0.05) is 34.1 Å². The second kappa shape index (κ2) is 8.13. The lowest BCUT2D eigenvalue weighted by Gasteiger charge is -2.24. The zero-order chi connectivity index (χ0) is 16.8. The SMILES string of the molecule is CC(C)N(CC(=O)O)Cc1ccc(Oc2cccc(Br)c2)cc1. The minimum atomic E-state index is -0.812. The molecule has 0 aliphatic rings. The Hall–Kier alpha value is -1.85. The molecule has 0 aliphatic carbocycles. The third-order valence-electron chi connectivity index (χ3n) is 3.41. The molecule has 0 heterocycles. The highest BCUT2D eigenvalue weighted by molar-refractivity contribution is 9.10. The largest absolute Gasteiger partial charge is 0.480 e. The predicted octanol–water partition coefficient (Wildman–Crippen LogP) is 4.54. The number of halogens is 1. The number of carboxylic acids is 1. The molecule has 2 aromatic rings. The Kier molecular flexibility index (Phi) is 6.19. The maximum atomic E-state index is 10.9. The average Bonchev–Trinajstić information content (AvgIpc) is 2.48. The van der Waals surface area contributed by atoms with Crippen LogP contribution in [0, 0.1) is 0 Å². The molecule has 0 amide bonds. The van der Waals surface area contributed by atoms with Gasteiger partial charge in [0.2, 0.25) is 0 Å². The van der Waals surface area contributed by atoms with E-state index in [1.54, 1.807) is 0 Å². The van der Waals surface area contributed by atoms with Crippen molar-refractivity contribution in [2.24, 2.45) is 0 Å². The van der Waals surface area contributed by atoms with E-state index in [9.17, 15) is 4.79 Å². The zero-order valence-corrected chi connectivity index (χ0v) is 14.8. The second-order valence-electron chi connectivity index (χ2n) is 5.60. The summed E-state index contributed by atoms with van der Waals surface area (Å²) in [5.74, 6) is 0.705. The molecule has 0 aromatic heterocycles. The number of benzene rings is 2. The van der Waals surface area contributed by atoms with Crippen LogP contribution < -0.4 is 4.74 Å². The standard InChI is InChI=1S/C18H20BrNO3/c1-13(2)20(12-18(21)22)11-14-6-8-16(9-7-14)23-17-5-3-4-15(19)10-17/h3-10,13H,11-12H2,1-2H3,(H,21,22). The van der Waals surface area contributed by atoms with Crippen LogP contribution in [-0.2, 0) is 11.3 Å². The third-order valence-corrected chi connectivity index (χ3v) is 3.90. The molecule has 0 unspecified atom stereocenters. The lowest BCUT2D eigenvalue weighted by atomic mass is 10.2. The molecule has 2 aromatic carbocycles. The fourth-order valence-corrected chi connectivity index (χ4v) is 2.54. The molecule has 23 heavy (non-hydrogen) atoms. The van der Waals surface area contributed by atoms with Crippen LogP contribution in [0.1, 0.15) is 19.4 Å². The van der Waals surface area contributed by atoms with Gasteiger partial charge in [-0.15, -0.1) is 0 Å². The first-order valence-corrected chi connectivity index (χ1v) is 8.21. The van der Waals surface area contributed by atoms with Gasteiger partial charge >= 0.3 is 5.97 Å². The lowest BCUT2D eigenvalue weighted by molar-refractivity contribution is -0.138. The summed E-state index contributed by atoms with van der Waals surface area (Å²) in [5.41, 5.74) is 1.06. The number of carbonyl (C=O) groups is 1. The molecular weight excluding hydrogens is 358 g/mol. The van der Waals surface area contributed by atoms with Gasteiger partial charge in [0.25, 0.3) is 0 Å². The van der Waals surface area contributed by atoms with Crippen LogP contribution in [-0.4, -0.2) is 28.6 Å². The van der Waals surface area contributed by atoms with Crippen molar-refractivity contribution in [2.75, 3.05) is 6.54 Å². The summed E-state index contributed by atoms with van der Waals surface area (Å²) in [7, 11) is 0. The Balaban J connectivity index is 2.02. The van der Waals surface area contributed by atoms with Crippen molar-refractivity contribution in [1.29, 1.82) is 0 Å². The highest BCUT2D eigenvalue weighted by Crippen LogP contribution is 2.24. The lowest BCUT2D eigenvalue weighted by Crippen LogP contribution is -2.35. The van der Waals surface area contributed by atoms with Crippen molar-refractivity contribution in [1.82, 2.24) is 4.90 Å². The fourth-order valence-electron chi connectivity index (χ4n) is 2.16. The Morgan fingerprint density at radius 3 is 2.43 bits per heavy atom. The Labute approximate surface area is 144 Å². The Morgan fingerprint density at radius 1 is 1.17 bits per heavy atom. The normalized spacial score (nSPS) is 11.0. The average molecular weight is 378 g/mol. The van der Waals surface area contributed by atoms with E-state index < -0.39 is 5.97 Å². The van der Waals surface area contributed by atoms with Crippen molar-refractivity contribution >= 4 is 21.9 Å². The molecule has 1 N–H and O–H groups in total. The van der Waals surface area contributed by atoms with Gasteiger partial charge < -0.3 is 9.84 Å². The summed E-state index contributed by atoms with van der Waals surface area (Å²) in [6, 6.07) is 15.6. The number of hydrogen-bond acceptors (Lipinski definition) is 3. The van der Waals surface area contributed by atoms with Crippen LogP contribution in [0.5, 0.6) is 11.5 Å². The monoisotopic (exact) mass is 377 g/mol. The molecule has 0 bridgehead atoms. The van der Waals surface area contributed by atoms with Crippen molar-refractivity contribution in [2.45, 2.75) is 26.4 Å². The molecule has 0 fully saturated rings. The molecule has 0 radical (unpaired) electrons. The minimum absolute atomic E-state index is 0.0357. The van der Waals surface area contributed by atoms with Gasteiger partial charge in [0, 0.05) is 17.1 Å². The van der Waals surface area contributed by atoms with Crippen LogP contribution in [0.2, 0.25) is 0 Å². The number of nitrogens with zero attached hydrogens (tertiary/aromatic N) is 1. The van der Waals surface area contributed by atoms with E-state index in [4.69, 9.17) is 9.84 Å². The topological polar surface area (TPSA) is 49.8 Å². The first kappa shape index (κ1) is 17.5. The predicted molar refractivity (Wildman–Crippen MR) is 93.8 cm³/mol. The number of rotatable bonds is 7. The van der Waals surface area contributed by atoms with Crippen molar-refractivity contribution in [3.8, 4) is 11.5 Å². The highest BCUT2D eigenvalue weighted by atomic mass is 79.9. The molecule has 0 atom stereocenters. The zero-order valence-electron chi connectivity index (χ0n) is 13.2. The van der Waals surface area contributed by atoms with Gasteiger partial charge in [-0.2, -0.15) is 0 Å². The third kappa shape index (κ3) is 5.69. The van der Waals surface area contributed by atoms with Gasteiger partial charge in [-0.25, -0.2) is 0 Å². The molecular formula is C18H20BrNO3. The van der Waals surface area contributed by atoms with Crippen LogP contribution >= 0.6 is 15.9 Å². The molecule has 0 saturated heterocycles. The summed E-state index contributed by atoms with van der Waals surface area (Å²) in [6.07, 6.45) is 0. The van der Waals surface area contributed by atoms with Gasteiger partial charge in [-0.05, 0) is 49.7 Å². The summed E-state index contributed by atoms with van der Waals surface area (Å²) in [5, 5.41) is 8.98. The maximum absolute atomic E-state index is 10.9. The van der Waals surface area contributed by atoms with Crippen molar-refractivity contribution < 1.29 is 14.6 Å². The summed E-state index contributed by atoms with van der Waals surface area (Å²) in [4.78, 5) is 12.8. The van der Waals surface area contributed by atoms with E-state index in [-0.39, 0.29) is 12.6 Å². The molecule has 0 aliphatic heterocycles. The summed E-state index contributed by atoms with van der Waals surface area (Å²) >= 11 is 3.41. The van der Waals surface area contributed by atoms with Crippen LogP contribution in [0.3, 0.4) is 0 Å². The molecule has 4 nitrogen and oxygen atoms in total. The molecule has 122 valence electrons. The van der Waals surface area contributed by atoms with Gasteiger partial charge in [0.05, 0.1) is 6.54 Å². The van der Waals surface area contributed by atoms with Crippen molar-refractivity contribution in [3.05, 3.63) is 58.6 Å². The number of carboxylic acid groups (broad SMARTS) is 1. The molecule has 2 rings (SSSR count). The van der Waals surface area contributed by atoms with Gasteiger partial charge in [-0.3, -0.25) is 9.69 Å². The quantitative estimate of drug-likeness (QED) is 0.769. The van der Waals surface area contributed by atoms with Crippen LogP contribution in [0.25, 0.3) is 0 Å². The van der Waals surface area contributed by atoms with E-state index in [0.717, 1.165) is 21.5 Å². The summed E-state index contributed by atoms with van der Waals surface area (Å²) in [6.45, 7) is 4.62. The fraction of sp³-hybridized carbons (Fsp3) is 0.278. The van der Waals surface area contributed by atoms with E-state index in [0.29, 0.717) is 6.54 Å². The Bertz CT molecular complexity index is 656. The van der Waals surface area contributed by atoms with Crippen LogP contribution in [0.15, 0.2) is 53.0 Å². The molecule has 0 spiro atoms. The maximum Gasteiger partial charge on any atom is 0.317 e. The number of ether oxygens (including phenoxy) is 1. The second-order valence-corrected chi connectivity index (χ2v) is 6.51. The highest BCUT2D eigenvalue weighted by Gasteiger charge is 2.13. The first-order chi connectivity index (χ1) is 10.9. The van der Waals surface area contributed by atoms with E-state index in [1.165, 1.54) is 0 Å². The first-order valence-electron chi connectivity index (χ1n) is 7.42. The van der Waals surface area contributed by atoms with Crippen LogP contribution in [0.4, 0.5) is 0 Å². The van der Waals surface area contributed by atoms with E-state index >= 15 is 0 Å². The smallest absolute Gasteiger partial charge is 0.317 e. The number of aliphatic carboxylic acids is 1. The molecule has 0 saturated carbocycles.